The van der Waals surface area contributed by atoms with Crippen LogP contribution in [0.25, 0.3) is 5.69 Å². The highest BCUT2D eigenvalue weighted by Crippen LogP contribution is 2.42. The average Bonchev–Trinajstić information content (AvgIpc) is 3.13. The van der Waals surface area contributed by atoms with Crippen molar-refractivity contribution in [1.29, 1.82) is 0 Å². The summed E-state index contributed by atoms with van der Waals surface area (Å²) in [5, 5.41) is 5.42. The normalized spacial score (nSPS) is 14.8. The van der Waals surface area contributed by atoms with Gasteiger partial charge in [0.05, 0.1) is 16.9 Å². The minimum Gasteiger partial charge on any atom is -0.298 e. The molecule has 5 heteroatoms. The molecule has 0 bridgehead atoms. The first kappa shape index (κ1) is 11.8. The molecule has 0 N–H and O–H groups in total. The van der Waals surface area contributed by atoms with Crippen molar-refractivity contribution in [3.8, 4) is 5.69 Å². The number of hydrogen-bond acceptors (Lipinski definition) is 2. The predicted molar refractivity (Wildman–Crippen MR) is 70.9 cm³/mol. The lowest BCUT2D eigenvalue weighted by atomic mass is 10.2. The lowest BCUT2D eigenvalue weighted by molar-refractivity contribution is 0.112. The largest absolute Gasteiger partial charge is 0.298 e. The van der Waals surface area contributed by atoms with Crippen LogP contribution in [0.5, 0.6) is 0 Å². The molecule has 2 aromatic rings. The van der Waals surface area contributed by atoms with Crippen LogP contribution in [0.1, 0.15) is 34.8 Å². The van der Waals surface area contributed by atoms with Crippen LogP contribution in [-0.2, 0) is 0 Å². The summed E-state index contributed by atoms with van der Waals surface area (Å²) in [6, 6.07) is 7.24. The van der Waals surface area contributed by atoms with Gasteiger partial charge in [-0.1, -0.05) is 29.3 Å². The van der Waals surface area contributed by atoms with E-state index in [1.165, 1.54) is 0 Å². The second-order valence-corrected chi connectivity index (χ2v) is 5.17. The molecule has 3 rings (SSSR count). The van der Waals surface area contributed by atoms with E-state index in [-0.39, 0.29) is 0 Å². The summed E-state index contributed by atoms with van der Waals surface area (Å²) < 4.78 is 1.57. The Labute approximate surface area is 114 Å². The molecular formula is C13H10Cl2N2O. The molecule has 1 saturated carbocycles. The van der Waals surface area contributed by atoms with Crippen LogP contribution in [0.2, 0.25) is 10.2 Å². The third-order valence-corrected chi connectivity index (χ3v) is 3.63. The van der Waals surface area contributed by atoms with E-state index in [0.29, 0.717) is 21.7 Å². The van der Waals surface area contributed by atoms with Crippen LogP contribution in [0, 0.1) is 0 Å². The molecule has 1 heterocycles. The second-order valence-electron chi connectivity index (χ2n) is 4.37. The Kier molecular flexibility index (Phi) is 2.88. The monoisotopic (exact) mass is 280 g/mol. The molecule has 0 spiro atoms. The van der Waals surface area contributed by atoms with Crippen LogP contribution in [-0.4, -0.2) is 16.1 Å². The van der Waals surface area contributed by atoms with Gasteiger partial charge in [0, 0.05) is 10.9 Å². The molecule has 1 aliphatic carbocycles. The number of carbonyl (C=O) groups excluding carboxylic acids is 1. The Balaban J connectivity index is 2.15. The van der Waals surface area contributed by atoms with Crippen LogP contribution >= 0.6 is 23.2 Å². The van der Waals surface area contributed by atoms with Crippen molar-refractivity contribution < 1.29 is 4.79 Å². The van der Waals surface area contributed by atoms with Gasteiger partial charge in [-0.25, -0.2) is 4.68 Å². The van der Waals surface area contributed by atoms with E-state index in [1.807, 2.05) is 12.1 Å². The summed E-state index contributed by atoms with van der Waals surface area (Å²) in [4.78, 5) is 11.1. The zero-order chi connectivity index (χ0) is 12.7. The summed E-state index contributed by atoms with van der Waals surface area (Å²) in [6.07, 6.45) is 2.93. The van der Waals surface area contributed by atoms with E-state index >= 15 is 0 Å². The van der Waals surface area contributed by atoms with E-state index in [4.69, 9.17) is 23.2 Å². The molecule has 0 atom stereocenters. The SMILES string of the molecule is O=Cc1c(C2CC2)nn(-c2cccc(Cl)c2)c1Cl. The average molecular weight is 281 g/mol. The van der Waals surface area contributed by atoms with Crippen molar-refractivity contribution in [2.45, 2.75) is 18.8 Å². The molecule has 1 fully saturated rings. The van der Waals surface area contributed by atoms with E-state index in [1.54, 1.807) is 16.8 Å². The number of nitrogens with zero attached hydrogens (tertiary/aromatic N) is 2. The van der Waals surface area contributed by atoms with Crippen molar-refractivity contribution in [2.24, 2.45) is 0 Å². The van der Waals surface area contributed by atoms with E-state index in [9.17, 15) is 4.79 Å². The quantitative estimate of drug-likeness (QED) is 0.800. The molecule has 0 saturated heterocycles. The highest BCUT2D eigenvalue weighted by molar-refractivity contribution is 6.32. The molecule has 0 radical (unpaired) electrons. The van der Waals surface area contributed by atoms with Crippen LogP contribution < -0.4 is 0 Å². The summed E-state index contributed by atoms with van der Waals surface area (Å²) >= 11 is 12.2. The predicted octanol–water partition coefficient (Wildman–Crippen LogP) is 3.87. The van der Waals surface area contributed by atoms with E-state index in [2.05, 4.69) is 5.10 Å². The Hall–Kier alpha value is -1.32. The number of carbonyl (C=O) groups is 1. The van der Waals surface area contributed by atoms with E-state index < -0.39 is 0 Å². The van der Waals surface area contributed by atoms with Gasteiger partial charge in [0.1, 0.15) is 5.15 Å². The molecule has 0 amide bonds. The standard InChI is InChI=1S/C13H10Cl2N2O/c14-9-2-1-3-10(6-9)17-13(15)11(7-18)12(16-17)8-4-5-8/h1-3,6-8H,4-5H2. The van der Waals surface area contributed by atoms with Crippen molar-refractivity contribution >= 4 is 29.5 Å². The zero-order valence-corrected chi connectivity index (χ0v) is 10.9. The fourth-order valence-electron chi connectivity index (χ4n) is 1.97. The van der Waals surface area contributed by atoms with Crippen LogP contribution in [0.4, 0.5) is 0 Å². The van der Waals surface area contributed by atoms with Crippen molar-refractivity contribution in [3.05, 3.63) is 45.7 Å². The topological polar surface area (TPSA) is 34.9 Å². The summed E-state index contributed by atoms with van der Waals surface area (Å²) in [5.41, 5.74) is 2.07. The minimum atomic E-state index is 0.356. The molecule has 18 heavy (non-hydrogen) atoms. The first-order valence-corrected chi connectivity index (χ1v) is 6.46. The molecule has 0 aliphatic heterocycles. The maximum absolute atomic E-state index is 11.1. The first-order chi connectivity index (χ1) is 8.70. The van der Waals surface area contributed by atoms with Crippen LogP contribution in [0.15, 0.2) is 24.3 Å². The second kappa shape index (κ2) is 4.41. The maximum Gasteiger partial charge on any atom is 0.155 e. The van der Waals surface area contributed by atoms with Crippen molar-refractivity contribution in [2.75, 3.05) is 0 Å². The van der Waals surface area contributed by atoms with Gasteiger partial charge in [0.15, 0.2) is 6.29 Å². The van der Waals surface area contributed by atoms with Crippen molar-refractivity contribution in [1.82, 2.24) is 9.78 Å². The third-order valence-electron chi connectivity index (χ3n) is 3.03. The number of rotatable bonds is 3. The van der Waals surface area contributed by atoms with E-state index in [0.717, 1.165) is 30.5 Å². The lowest BCUT2D eigenvalue weighted by Gasteiger charge is -2.02. The number of halogens is 2. The Bertz CT molecular complexity index is 617. The van der Waals surface area contributed by atoms with Gasteiger partial charge >= 0.3 is 0 Å². The highest BCUT2D eigenvalue weighted by atomic mass is 35.5. The lowest BCUT2D eigenvalue weighted by Crippen LogP contribution is -1.96. The van der Waals surface area contributed by atoms with Gasteiger partial charge in [-0.2, -0.15) is 5.10 Å². The highest BCUT2D eigenvalue weighted by Gasteiger charge is 2.31. The van der Waals surface area contributed by atoms with Gasteiger partial charge in [-0.3, -0.25) is 4.79 Å². The van der Waals surface area contributed by atoms with Gasteiger partial charge in [-0.15, -0.1) is 0 Å². The molecule has 0 unspecified atom stereocenters. The molecular weight excluding hydrogens is 271 g/mol. The molecule has 92 valence electrons. The third kappa shape index (κ3) is 1.93. The number of hydrogen-bond donors (Lipinski definition) is 0. The zero-order valence-electron chi connectivity index (χ0n) is 9.44. The number of benzene rings is 1. The first-order valence-electron chi connectivity index (χ1n) is 5.70. The number of aromatic nitrogens is 2. The summed E-state index contributed by atoms with van der Waals surface area (Å²) in [5.74, 6) is 0.378. The number of aldehydes is 1. The summed E-state index contributed by atoms with van der Waals surface area (Å²) in [7, 11) is 0. The fraction of sp³-hybridized carbons (Fsp3) is 0.231. The van der Waals surface area contributed by atoms with Gasteiger partial charge in [-0.05, 0) is 31.0 Å². The molecule has 1 aliphatic rings. The Morgan fingerprint density at radius 3 is 2.72 bits per heavy atom. The molecule has 1 aromatic carbocycles. The smallest absolute Gasteiger partial charge is 0.155 e. The maximum atomic E-state index is 11.1. The Morgan fingerprint density at radius 1 is 1.33 bits per heavy atom. The molecule has 1 aromatic heterocycles. The van der Waals surface area contributed by atoms with Gasteiger partial charge < -0.3 is 0 Å². The Morgan fingerprint density at radius 2 is 2.11 bits per heavy atom. The molecule has 3 nitrogen and oxygen atoms in total. The van der Waals surface area contributed by atoms with Crippen LogP contribution in [0.3, 0.4) is 0 Å². The van der Waals surface area contributed by atoms with Crippen molar-refractivity contribution in [3.63, 3.8) is 0 Å². The fourth-order valence-corrected chi connectivity index (χ4v) is 2.43. The summed E-state index contributed by atoms with van der Waals surface area (Å²) in [6.45, 7) is 0. The van der Waals surface area contributed by atoms with Gasteiger partial charge in [0.25, 0.3) is 0 Å². The van der Waals surface area contributed by atoms with Gasteiger partial charge in [0.2, 0.25) is 0 Å². The minimum absolute atomic E-state index is 0.356.